The highest BCUT2D eigenvalue weighted by Crippen LogP contribution is 2.17. The van der Waals surface area contributed by atoms with Crippen LogP contribution in [0.15, 0.2) is 41.8 Å². The summed E-state index contributed by atoms with van der Waals surface area (Å²) in [5.74, 6) is 0. The molecule has 104 valence electrons. The minimum Gasteiger partial charge on any atom is -0.453 e. The molecule has 0 fully saturated rings. The maximum Gasteiger partial charge on any atom is 0.411 e. The summed E-state index contributed by atoms with van der Waals surface area (Å²) in [6.45, 7) is 3.72. The summed E-state index contributed by atoms with van der Waals surface area (Å²) in [6.07, 6.45) is 0.893. The average molecular weight is 284 g/mol. The number of carbonyl (C=O) groups is 1. The van der Waals surface area contributed by atoms with Crippen LogP contribution in [0.4, 0.5) is 10.5 Å². The molecule has 1 N–H and O–H groups in total. The Morgan fingerprint density at radius 2 is 2.00 bits per heavy atom. The molecule has 0 saturated heterocycles. The zero-order valence-electron chi connectivity index (χ0n) is 10.8. The van der Waals surface area contributed by atoms with Crippen molar-refractivity contribution >= 4 is 21.8 Å². The van der Waals surface area contributed by atoms with Gasteiger partial charge < -0.3 is 4.74 Å². The second-order valence-electron chi connectivity index (χ2n) is 3.72. The molecule has 0 atom stereocenters. The van der Waals surface area contributed by atoms with Crippen LogP contribution in [0, 0.1) is 0 Å². The minimum absolute atomic E-state index is 0.146. The van der Waals surface area contributed by atoms with Crippen molar-refractivity contribution in [1.82, 2.24) is 4.31 Å². The first-order valence-electron chi connectivity index (χ1n) is 5.44. The molecule has 0 aliphatic carbocycles. The van der Waals surface area contributed by atoms with Crippen molar-refractivity contribution < 1.29 is 17.9 Å². The topological polar surface area (TPSA) is 75.7 Å². The van der Waals surface area contributed by atoms with Crippen molar-refractivity contribution in [2.75, 3.05) is 26.0 Å². The Balaban J connectivity index is 2.92. The first-order chi connectivity index (χ1) is 8.91. The van der Waals surface area contributed by atoms with Gasteiger partial charge in [-0.3, -0.25) is 5.32 Å². The summed E-state index contributed by atoms with van der Waals surface area (Å²) in [6, 6.07) is 5.82. The molecule has 6 nitrogen and oxygen atoms in total. The Hall–Kier alpha value is -1.86. The molecule has 0 heterocycles. The van der Waals surface area contributed by atoms with Gasteiger partial charge in [0, 0.05) is 19.3 Å². The molecule has 1 aromatic rings. The summed E-state index contributed by atoms with van der Waals surface area (Å²) in [5.41, 5.74) is 0.456. The lowest BCUT2D eigenvalue weighted by molar-refractivity contribution is 0.187. The second-order valence-corrected chi connectivity index (χ2v) is 5.76. The van der Waals surface area contributed by atoms with Crippen molar-refractivity contribution in [3.8, 4) is 0 Å². The number of likely N-dealkylation sites (N-methyl/N-ethyl adjacent to an activating group) is 1. The number of nitrogens with zero attached hydrogens (tertiary/aromatic N) is 1. The number of amides is 1. The maximum absolute atomic E-state index is 12.1. The highest BCUT2D eigenvalue weighted by atomic mass is 32.2. The second kappa shape index (κ2) is 6.35. The number of benzene rings is 1. The third-order valence-electron chi connectivity index (χ3n) is 2.38. The molecule has 0 aromatic heterocycles. The van der Waals surface area contributed by atoms with Crippen LogP contribution in [0.2, 0.25) is 0 Å². The fraction of sp³-hybridized carbons (Fsp3) is 0.250. The molecule has 0 aliphatic heterocycles. The van der Waals surface area contributed by atoms with Gasteiger partial charge in [0.25, 0.3) is 0 Å². The molecule has 0 unspecified atom stereocenters. The number of hydrogen-bond donors (Lipinski definition) is 1. The van der Waals surface area contributed by atoms with Gasteiger partial charge in [0.05, 0.1) is 12.0 Å². The lowest BCUT2D eigenvalue weighted by Gasteiger charge is -2.15. The van der Waals surface area contributed by atoms with Crippen LogP contribution in [0.1, 0.15) is 0 Å². The van der Waals surface area contributed by atoms with Crippen LogP contribution in [0.25, 0.3) is 0 Å². The highest BCUT2D eigenvalue weighted by molar-refractivity contribution is 7.89. The fourth-order valence-corrected chi connectivity index (χ4v) is 2.48. The van der Waals surface area contributed by atoms with E-state index in [2.05, 4.69) is 16.6 Å². The lowest BCUT2D eigenvalue weighted by atomic mass is 10.3. The fourth-order valence-electron chi connectivity index (χ4n) is 1.34. The van der Waals surface area contributed by atoms with Crippen LogP contribution >= 0.6 is 0 Å². The zero-order valence-corrected chi connectivity index (χ0v) is 11.6. The normalized spacial score (nSPS) is 11.1. The van der Waals surface area contributed by atoms with E-state index in [1.54, 1.807) is 0 Å². The van der Waals surface area contributed by atoms with Crippen LogP contribution < -0.4 is 5.32 Å². The third kappa shape index (κ3) is 3.80. The molecule has 0 spiro atoms. The summed E-state index contributed by atoms with van der Waals surface area (Å²) in [5, 5.41) is 2.44. The Kier molecular flexibility index (Phi) is 5.08. The SMILES string of the molecule is C=CCN(C)S(=O)(=O)c1ccc(NC(=O)OC)cc1. The van der Waals surface area contributed by atoms with Crippen molar-refractivity contribution in [3.05, 3.63) is 36.9 Å². The predicted molar refractivity (Wildman–Crippen MR) is 72.5 cm³/mol. The van der Waals surface area contributed by atoms with E-state index in [1.165, 1.54) is 48.8 Å². The van der Waals surface area contributed by atoms with E-state index in [0.29, 0.717) is 5.69 Å². The molecule has 7 heteroatoms. The summed E-state index contributed by atoms with van der Waals surface area (Å²) in [7, 11) is -0.816. The van der Waals surface area contributed by atoms with Crippen molar-refractivity contribution in [2.45, 2.75) is 4.90 Å². The summed E-state index contributed by atoms with van der Waals surface area (Å²) < 4.78 is 29.8. The van der Waals surface area contributed by atoms with E-state index in [-0.39, 0.29) is 11.4 Å². The minimum atomic E-state index is -3.53. The number of carbonyl (C=O) groups excluding carboxylic acids is 1. The monoisotopic (exact) mass is 284 g/mol. The van der Waals surface area contributed by atoms with Crippen LogP contribution in [-0.4, -0.2) is 39.5 Å². The summed E-state index contributed by atoms with van der Waals surface area (Å²) >= 11 is 0. The first kappa shape index (κ1) is 15.2. The molecule has 0 radical (unpaired) electrons. The van der Waals surface area contributed by atoms with Gasteiger partial charge in [0.15, 0.2) is 0 Å². The Labute approximate surface area is 112 Å². The van der Waals surface area contributed by atoms with Gasteiger partial charge in [-0.05, 0) is 24.3 Å². The van der Waals surface area contributed by atoms with Gasteiger partial charge >= 0.3 is 6.09 Å². The Morgan fingerprint density at radius 3 is 2.47 bits per heavy atom. The highest BCUT2D eigenvalue weighted by Gasteiger charge is 2.19. The quantitative estimate of drug-likeness (QED) is 0.834. The maximum atomic E-state index is 12.1. The van der Waals surface area contributed by atoms with Gasteiger partial charge in [-0.1, -0.05) is 6.08 Å². The number of hydrogen-bond acceptors (Lipinski definition) is 4. The van der Waals surface area contributed by atoms with E-state index in [9.17, 15) is 13.2 Å². The van der Waals surface area contributed by atoms with Crippen molar-refractivity contribution in [2.24, 2.45) is 0 Å². The molecule has 0 saturated carbocycles. The number of sulfonamides is 1. The smallest absolute Gasteiger partial charge is 0.411 e. The van der Waals surface area contributed by atoms with Crippen LogP contribution in [0.3, 0.4) is 0 Å². The van der Waals surface area contributed by atoms with Crippen LogP contribution in [0.5, 0.6) is 0 Å². The van der Waals surface area contributed by atoms with Gasteiger partial charge in [-0.15, -0.1) is 6.58 Å². The first-order valence-corrected chi connectivity index (χ1v) is 6.88. The number of anilines is 1. The molecular formula is C12H16N2O4S. The lowest BCUT2D eigenvalue weighted by Crippen LogP contribution is -2.26. The van der Waals surface area contributed by atoms with E-state index in [1.807, 2.05) is 0 Å². The number of nitrogens with one attached hydrogen (secondary N) is 1. The van der Waals surface area contributed by atoms with Gasteiger partial charge in [-0.2, -0.15) is 4.31 Å². The van der Waals surface area contributed by atoms with Gasteiger partial charge in [-0.25, -0.2) is 13.2 Å². The molecule has 0 bridgehead atoms. The molecule has 0 aliphatic rings. The van der Waals surface area contributed by atoms with Gasteiger partial charge in [0.2, 0.25) is 10.0 Å². The van der Waals surface area contributed by atoms with E-state index >= 15 is 0 Å². The van der Waals surface area contributed by atoms with E-state index in [4.69, 9.17) is 0 Å². The van der Waals surface area contributed by atoms with Crippen molar-refractivity contribution in [1.29, 1.82) is 0 Å². The Bertz CT molecular complexity index is 552. The van der Waals surface area contributed by atoms with Gasteiger partial charge in [0.1, 0.15) is 0 Å². The molecule has 19 heavy (non-hydrogen) atoms. The average Bonchev–Trinajstić information content (AvgIpc) is 2.39. The Morgan fingerprint density at radius 1 is 1.42 bits per heavy atom. The summed E-state index contributed by atoms with van der Waals surface area (Å²) in [4.78, 5) is 11.1. The largest absolute Gasteiger partial charge is 0.453 e. The third-order valence-corrected chi connectivity index (χ3v) is 4.22. The number of rotatable bonds is 5. The molecular weight excluding hydrogens is 268 g/mol. The molecule has 1 amide bonds. The number of ether oxygens (including phenoxy) is 1. The van der Waals surface area contributed by atoms with E-state index in [0.717, 1.165) is 0 Å². The standard InChI is InChI=1S/C12H16N2O4S/c1-4-9-14(2)19(16,17)11-7-5-10(6-8-11)13-12(15)18-3/h4-8H,1,9H2,2-3H3,(H,13,15). The zero-order chi connectivity index (χ0) is 14.5. The molecule has 1 rings (SSSR count). The molecule has 1 aromatic carbocycles. The van der Waals surface area contributed by atoms with E-state index < -0.39 is 16.1 Å². The van der Waals surface area contributed by atoms with Crippen molar-refractivity contribution in [3.63, 3.8) is 0 Å². The number of methoxy groups -OCH3 is 1. The van der Waals surface area contributed by atoms with Crippen LogP contribution in [-0.2, 0) is 14.8 Å². The predicted octanol–water partition coefficient (Wildman–Crippen LogP) is 1.67.